The van der Waals surface area contributed by atoms with E-state index in [1.165, 1.54) is 10.9 Å². The van der Waals surface area contributed by atoms with Gasteiger partial charge in [-0.2, -0.15) is 4.31 Å². The number of hydrogen-bond donors (Lipinski definition) is 1. The Balaban J connectivity index is 1.80. The highest BCUT2D eigenvalue weighted by Gasteiger charge is 2.31. The number of piperidine rings is 1. The fourth-order valence-corrected chi connectivity index (χ4v) is 6.52. The molecule has 0 aliphatic carbocycles. The summed E-state index contributed by atoms with van der Waals surface area (Å²) in [6, 6.07) is 8.95. The van der Waals surface area contributed by atoms with Crippen LogP contribution >= 0.6 is 11.3 Å². The van der Waals surface area contributed by atoms with Crippen molar-refractivity contribution in [3.05, 3.63) is 51.7 Å². The van der Waals surface area contributed by atoms with Crippen LogP contribution in [0.4, 0.5) is 0 Å². The molecule has 0 bridgehead atoms. The van der Waals surface area contributed by atoms with Crippen molar-refractivity contribution in [2.45, 2.75) is 50.1 Å². The van der Waals surface area contributed by atoms with E-state index in [4.69, 9.17) is 0 Å². The Morgan fingerprint density at radius 3 is 2.70 bits per heavy atom. The second kappa shape index (κ2) is 9.60. The van der Waals surface area contributed by atoms with E-state index >= 15 is 0 Å². The number of rotatable bonds is 7. The molecule has 0 spiro atoms. The minimum absolute atomic E-state index is 0.0195. The molecule has 1 aliphatic rings. The van der Waals surface area contributed by atoms with Crippen molar-refractivity contribution in [1.29, 1.82) is 0 Å². The Labute approximate surface area is 183 Å². The van der Waals surface area contributed by atoms with Crippen molar-refractivity contribution in [2.24, 2.45) is 0 Å². The van der Waals surface area contributed by atoms with Gasteiger partial charge in [-0.3, -0.25) is 4.79 Å². The van der Waals surface area contributed by atoms with Crippen molar-refractivity contribution in [3.8, 4) is 0 Å². The van der Waals surface area contributed by atoms with Crippen LogP contribution in [0.25, 0.3) is 0 Å². The van der Waals surface area contributed by atoms with Gasteiger partial charge in [-0.1, -0.05) is 18.6 Å². The van der Waals surface area contributed by atoms with Gasteiger partial charge < -0.3 is 10.2 Å². The van der Waals surface area contributed by atoms with E-state index in [1.807, 2.05) is 39.4 Å². The number of likely N-dealkylation sites (N-methyl/N-ethyl adjacent to an activating group) is 1. The molecule has 2 aromatic rings. The quantitative estimate of drug-likeness (QED) is 0.700. The van der Waals surface area contributed by atoms with Gasteiger partial charge >= 0.3 is 0 Å². The molecule has 0 radical (unpaired) electrons. The average molecular weight is 450 g/mol. The number of hydrogen-bond acceptors (Lipinski definition) is 5. The molecule has 1 N–H and O–H groups in total. The second-order valence-electron chi connectivity index (χ2n) is 8.14. The maximum atomic E-state index is 13.2. The van der Waals surface area contributed by atoms with Gasteiger partial charge in [-0.05, 0) is 69.9 Å². The monoisotopic (exact) mass is 449 g/mol. The minimum atomic E-state index is -3.62. The minimum Gasteiger partial charge on any atom is -0.350 e. The van der Waals surface area contributed by atoms with E-state index in [1.54, 1.807) is 27.8 Å². The van der Waals surface area contributed by atoms with E-state index < -0.39 is 10.0 Å². The number of aryl methyl sites for hydroxylation is 1. The smallest absolute Gasteiger partial charge is 0.251 e. The van der Waals surface area contributed by atoms with Crippen LogP contribution in [0.15, 0.2) is 40.6 Å². The molecule has 1 aromatic heterocycles. The first-order valence-electron chi connectivity index (χ1n) is 10.3. The van der Waals surface area contributed by atoms with Gasteiger partial charge in [0.05, 0.1) is 10.9 Å². The Kier molecular flexibility index (Phi) is 7.34. The number of nitrogens with zero attached hydrogens (tertiary/aromatic N) is 2. The van der Waals surface area contributed by atoms with Crippen LogP contribution in [0.1, 0.15) is 53.0 Å². The van der Waals surface area contributed by atoms with Gasteiger partial charge in [0.1, 0.15) is 0 Å². The lowest BCUT2D eigenvalue weighted by atomic mass is 10.1. The van der Waals surface area contributed by atoms with Gasteiger partial charge in [0.15, 0.2) is 0 Å². The summed E-state index contributed by atoms with van der Waals surface area (Å²) in [5, 5.41) is 5.02. The van der Waals surface area contributed by atoms with Crippen LogP contribution in [0, 0.1) is 6.92 Å². The number of amides is 1. The van der Waals surface area contributed by atoms with Gasteiger partial charge in [0.2, 0.25) is 10.0 Å². The molecule has 6 nitrogen and oxygen atoms in total. The average Bonchev–Trinajstić information content (AvgIpc) is 3.22. The topological polar surface area (TPSA) is 69.7 Å². The summed E-state index contributed by atoms with van der Waals surface area (Å²) >= 11 is 1.65. The molecule has 1 aromatic carbocycles. The molecule has 1 aliphatic heterocycles. The number of thiophene rings is 1. The largest absolute Gasteiger partial charge is 0.350 e. The maximum Gasteiger partial charge on any atom is 0.251 e. The summed E-state index contributed by atoms with van der Waals surface area (Å²) < 4.78 is 27.9. The number of sulfonamides is 1. The lowest BCUT2D eigenvalue weighted by Gasteiger charge is -2.32. The molecule has 3 rings (SSSR count). The number of carbonyl (C=O) groups is 1. The maximum absolute atomic E-state index is 13.2. The summed E-state index contributed by atoms with van der Waals surface area (Å²) in [6.07, 6.45) is 2.79. The molecule has 1 amide bonds. The number of benzene rings is 1. The molecular weight excluding hydrogens is 418 g/mol. The molecule has 30 heavy (non-hydrogen) atoms. The first-order chi connectivity index (χ1) is 14.2. The Hall–Kier alpha value is -1.74. The normalized spacial score (nSPS) is 19.0. The van der Waals surface area contributed by atoms with Gasteiger partial charge in [-0.15, -0.1) is 11.3 Å². The van der Waals surface area contributed by atoms with Crippen LogP contribution in [0.2, 0.25) is 0 Å². The van der Waals surface area contributed by atoms with Crippen molar-refractivity contribution in [3.63, 3.8) is 0 Å². The van der Waals surface area contributed by atoms with E-state index in [2.05, 4.69) is 16.3 Å². The van der Waals surface area contributed by atoms with Crippen molar-refractivity contribution >= 4 is 27.3 Å². The van der Waals surface area contributed by atoms with Crippen LogP contribution in [-0.4, -0.2) is 56.8 Å². The standard InChI is InChI=1S/C22H31N3O3S2/c1-16-10-11-18(30(27,28)25-12-6-5-8-17(25)2)14-19(16)22(26)23-15-20(24(3)4)21-9-7-13-29-21/h7,9-11,13-14,17,20H,5-6,8,12,15H2,1-4H3,(H,23,26). The zero-order valence-corrected chi connectivity index (χ0v) is 19.7. The van der Waals surface area contributed by atoms with Crippen molar-refractivity contribution in [2.75, 3.05) is 27.2 Å². The van der Waals surface area contributed by atoms with Gasteiger partial charge in [0, 0.05) is 29.6 Å². The fraction of sp³-hybridized carbons (Fsp3) is 0.500. The predicted molar refractivity (Wildman–Crippen MR) is 121 cm³/mol. The first-order valence-corrected chi connectivity index (χ1v) is 12.6. The third-order valence-electron chi connectivity index (χ3n) is 5.75. The van der Waals surface area contributed by atoms with Crippen LogP contribution in [0.5, 0.6) is 0 Å². The van der Waals surface area contributed by atoms with Gasteiger partial charge in [-0.25, -0.2) is 8.42 Å². The number of carbonyl (C=O) groups excluding carboxylic acids is 1. The summed E-state index contributed by atoms with van der Waals surface area (Å²) in [5.74, 6) is -0.250. The Morgan fingerprint density at radius 2 is 2.07 bits per heavy atom. The van der Waals surface area contributed by atoms with E-state index in [0.29, 0.717) is 18.7 Å². The summed E-state index contributed by atoms with van der Waals surface area (Å²) in [6.45, 7) is 4.76. The zero-order valence-electron chi connectivity index (χ0n) is 18.1. The van der Waals surface area contributed by atoms with Crippen LogP contribution in [-0.2, 0) is 10.0 Å². The molecule has 2 unspecified atom stereocenters. The Bertz CT molecular complexity index is 972. The second-order valence-corrected chi connectivity index (χ2v) is 11.0. The van der Waals surface area contributed by atoms with E-state index in [-0.39, 0.29) is 22.9 Å². The molecule has 1 fully saturated rings. The third-order valence-corrected chi connectivity index (χ3v) is 8.74. The third kappa shape index (κ3) is 4.94. The van der Waals surface area contributed by atoms with Crippen LogP contribution in [0.3, 0.4) is 0 Å². The highest BCUT2D eigenvalue weighted by atomic mass is 32.2. The highest BCUT2D eigenvalue weighted by molar-refractivity contribution is 7.89. The number of nitrogens with one attached hydrogen (secondary N) is 1. The molecule has 8 heteroatoms. The Morgan fingerprint density at radius 1 is 1.30 bits per heavy atom. The first kappa shape index (κ1) is 22.9. The predicted octanol–water partition coefficient (Wildman–Crippen LogP) is 3.65. The molecular formula is C22H31N3O3S2. The molecule has 0 saturated carbocycles. The fourth-order valence-electron chi connectivity index (χ4n) is 3.87. The molecule has 164 valence electrons. The summed E-state index contributed by atoms with van der Waals surface area (Å²) in [4.78, 5) is 16.4. The van der Waals surface area contributed by atoms with Crippen LogP contribution < -0.4 is 5.32 Å². The van der Waals surface area contributed by atoms with E-state index in [9.17, 15) is 13.2 Å². The summed E-state index contributed by atoms with van der Waals surface area (Å²) in [7, 11) is 0.344. The zero-order chi connectivity index (χ0) is 21.9. The highest BCUT2D eigenvalue weighted by Crippen LogP contribution is 2.27. The lowest BCUT2D eigenvalue weighted by molar-refractivity contribution is 0.0941. The SMILES string of the molecule is Cc1ccc(S(=O)(=O)N2CCCCC2C)cc1C(=O)NCC(c1cccs1)N(C)C. The summed E-state index contributed by atoms with van der Waals surface area (Å²) in [5.41, 5.74) is 1.17. The van der Waals surface area contributed by atoms with Crippen molar-refractivity contribution in [1.82, 2.24) is 14.5 Å². The molecule has 2 atom stereocenters. The van der Waals surface area contributed by atoms with Gasteiger partial charge in [0.25, 0.3) is 5.91 Å². The van der Waals surface area contributed by atoms with E-state index in [0.717, 1.165) is 24.8 Å². The lowest BCUT2D eigenvalue weighted by Crippen LogP contribution is -2.42. The molecule has 1 saturated heterocycles. The molecule has 2 heterocycles. The van der Waals surface area contributed by atoms with Crippen molar-refractivity contribution < 1.29 is 13.2 Å².